The summed E-state index contributed by atoms with van der Waals surface area (Å²) in [5, 5.41) is 20.1. The lowest BCUT2D eigenvalue weighted by molar-refractivity contribution is -0.141. The summed E-state index contributed by atoms with van der Waals surface area (Å²) in [5.74, 6) is -0.323. The van der Waals surface area contributed by atoms with E-state index in [2.05, 4.69) is 0 Å². The maximum absolute atomic E-state index is 12.4. The fourth-order valence-electron chi connectivity index (χ4n) is 2.91. The Morgan fingerprint density at radius 1 is 1.29 bits per heavy atom. The molecule has 0 aromatic rings. The maximum atomic E-state index is 12.4. The Morgan fingerprint density at radius 3 is 2.35 bits per heavy atom. The van der Waals surface area contributed by atoms with Crippen molar-refractivity contribution in [2.24, 2.45) is 10.8 Å². The number of carbonyl (C=O) groups excluding carboxylic acids is 2. The SMILES string of the molecule is CC1=C[C@H](O)[C@]2(CC1=O)C[C@H](O)C(C)(C)C2=O. The molecule has 2 aliphatic carbocycles. The van der Waals surface area contributed by atoms with Gasteiger partial charge in [-0.15, -0.1) is 0 Å². The monoisotopic (exact) mass is 238 g/mol. The molecule has 0 aliphatic heterocycles. The highest BCUT2D eigenvalue weighted by molar-refractivity contribution is 6.04. The molecule has 3 atom stereocenters. The zero-order valence-corrected chi connectivity index (χ0v) is 10.4. The van der Waals surface area contributed by atoms with Crippen LogP contribution in [0.25, 0.3) is 0 Å². The molecule has 0 heterocycles. The second kappa shape index (κ2) is 3.50. The average molecular weight is 238 g/mol. The number of hydrogen-bond acceptors (Lipinski definition) is 4. The summed E-state index contributed by atoms with van der Waals surface area (Å²) >= 11 is 0. The highest BCUT2D eigenvalue weighted by atomic mass is 16.3. The van der Waals surface area contributed by atoms with Gasteiger partial charge in [-0.3, -0.25) is 9.59 Å². The standard InChI is InChI=1S/C13H18O4/c1-7-4-9(15)13(5-8(7)14)6-10(16)12(2,3)11(13)17/h4,9-10,15-16H,5-6H2,1-3H3/t9-,10-,13-/m0/s1. The quantitative estimate of drug-likeness (QED) is 0.648. The van der Waals surface area contributed by atoms with Crippen molar-refractivity contribution in [3.63, 3.8) is 0 Å². The predicted octanol–water partition coefficient (Wildman–Crippen LogP) is 0.613. The number of Topliss-reactive ketones (excluding diaryl/α,β-unsaturated/α-hetero) is 2. The lowest BCUT2D eigenvalue weighted by Crippen LogP contribution is -2.45. The van der Waals surface area contributed by atoms with Crippen molar-refractivity contribution in [2.45, 2.75) is 45.8 Å². The molecule has 0 bridgehead atoms. The Hall–Kier alpha value is -1.00. The Balaban J connectivity index is 2.47. The van der Waals surface area contributed by atoms with E-state index in [1.54, 1.807) is 20.8 Å². The van der Waals surface area contributed by atoms with E-state index in [1.165, 1.54) is 6.08 Å². The molecule has 1 spiro atoms. The minimum Gasteiger partial charge on any atom is -0.392 e. The molecule has 0 radical (unpaired) electrons. The summed E-state index contributed by atoms with van der Waals surface area (Å²) in [6.45, 7) is 4.97. The molecule has 1 saturated carbocycles. The van der Waals surface area contributed by atoms with Gasteiger partial charge in [0.15, 0.2) is 11.6 Å². The molecule has 17 heavy (non-hydrogen) atoms. The number of rotatable bonds is 0. The van der Waals surface area contributed by atoms with Crippen LogP contribution in [0.3, 0.4) is 0 Å². The van der Waals surface area contributed by atoms with E-state index in [0.717, 1.165) is 0 Å². The van der Waals surface area contributed by atoms with Gasteiger partial charge in [-0.05, 0) is 25.0 Å². The van der Waals surface area contributed by atoms with E-state index in [0.29, 0.717) is 5.57 Å². The Morgan fingerprint density at radius 2 is 1.88 bits per heavy atom. The first-order chi connectivity index (χ1) is 7.71. The second-order valence-electron chi connectivity index (χ2n) is 5.82. The van der Waals surface area contributed by atoms with E-state index < -0.39 is 23.0 Å². The normalized spacial score (nSPS) is 40.9. The van der Waals surface area contributed by atoms with Crippen molar-refractivity contribution in [1.82, 2.24) is 0 Å². The van der Waals surface area contributed by atoms with E-state index in [1.807, 2.05) is 0 Å². The number of hydrogen-bond donors (Lipinski definition) is 2. The first kappa shape index (κ1) is 12.5. The van der Waals surface area contributed by atoms with Crippen molar-refractivity contribution in [2.75, 3.05) is 0 Å². The van der Waals surface area contributed by atoms with Gasteiger partial charge in [0, 0.05) is 11.8 Å². The Labute approximate surface area is 100 Å². The zero-order chi connectivity index (χ0) is 13.0. The lowest BCUT2D eigenvalue weighted by atomic mass is 9.68. The summed E-state index contributed by atoms with van der Waals surface area (Å²) in [6, 6.07) is 0. The molecule has 2 aliphatic rings. The van der Waals surface area contributed by atoms with Gasteiger partial charge in [-0.2, -0.15) is 0 Å². The third kappa shape index (κ3) is 1.51. The molecule has 2 rings (SSSR count). The Kier molecular flexibility index (Phi) is 2.56. The average Bonchev–Trinajstić information content (AvgIpc) is 2.39. The van der Waals surface area contributed by atoms with Gasteiger partial charge < -0.3 is 10.2 Å². The fraction of sp³-hybridized carbons (Fsp3) is 0.692. The summed E-state index contributed by atoms with van der Waals surface area (Å²) < 4.78 is 0. The summed E-state index contributed by atoms with van der Waals surface area (Å²) in [7, 11) is 0. The second-order valence-corrected chi connectivity index (χ2v) is 5.82. The van der Waals surface area contributed by atoms with Crippen LogP contribution in [0.4, 0.5) is 0 Å². The summed E-state index contributed by atoms with van der Waals surface area (Å²) in [4.78, 5) is 24.1. The number of aliphatic hydroxyl groups is 2. The minimum absolute atomic E-state index is 0.00975. The van der Waals surface area contributed by atoms with Gasteiger partial charge in [0.25, 0.3) is 0 Å². The number of aliphatic hydroxyl groups excluding tert-OH is 2. The predicted molar refractivity (Wildman–Crippen MR) is 61.2 cm³/mol. The van der Waals surface area contributed by atoms with Crippen LogP contribution in [-0.2, 0) is 9.59 Å². The van der Waals surface area contributed by atoms with E-state index in [9.17, 15) is 19.8 Å². The van der Waals surface area contributed by atoms with Crippen LogP contribution >= 0.6 is 0 Å². The fourth-order valence-corrected chi connectivity index (χ4v) is 2.91. The van der Waals surface area contributed by atoms with Gasteiger partial charge in [-0.1, -0.05) is 13.8 Å². The van der Waals surface area contributed by atoms with Crippen molar-refractivity contribution in [3.8, 4) is 0 Å². The largest absolute Gasteiger partial charge is 0.392 e. The van der Waals surface area contributed by atoms with Crippen LogP contribution < -0.4 is 0 Å². The molecular formula is C13H18O4. The third-order valence-electron chi connectivity index (χ3n) is 4.32. The van der Waals surface area contributed by atoms with Crippen molar-refractivity contribution in [3.05, 3.63) is 11.6 Å². The molecule has 4 heteroatoms. The first-order valence-electron chi connectivity index (χ1n) is 5.84. The molecule has 0 aromatic heterocycles. The van der Waals surface area contributed by atoms with E-state index >= 15 is 0 Å². The molecule has 4 nitrogen and oxygen atoms in total. The van der Waals surface area contributed by atoms with Crippen LogP contribution in [0.1, 0.15) is 33.6 Å². The smallest absolute Gasteiger partial charge is 0.159 e. The van der Waals surface area contributed by atoms with Crippen LogP contribution in [0.2, 0.25) is 0 Å². The minimum atomic E-state index is -1.11. The molecule has 94 valence electrons. The molecular weight excluding hydrogens is 220 g/mol. The van der Waals surface area contributed by atoms with Gasteiger partial charge >= 0.3 is 0 Å². The first-order valence-corrected chi connectivity index (χ1v) is 5.84. The van der Waals surface area contributed by atoms with Crippen molar-refractivity contribution >= 4 is 11.6 Å². The summed E-state index contributed by atoms with van der Waals surface area (Å²) in [5.41, 5.74) is -1.50. The van der Waals surface area contributed by atoms with E-state index in [4.69, 9.17) is 0 Å². The van der Waals surface area contributed by atoms with Crippen LogP contribution in [0, 0.1) is 10.8 Å². The van der Waals surface area contributed by atoms with Crippen molar-refractivity contribution in [1.29, 1.82) is 0 Å². The highest BCUT2D eigenvalue weighted by Crippen LogP contribution is 2.52. The van der Waals surface area contributed by atoms with E-state index in [-0.39, 0.29) is 24.4 Å². The number of ketones is 2. The molecule has 0 amide bonds. The van der Waals surface area contributed by atoms with Crippen molar-refractivity contribution < 1.29 is 19.8 Å². The maximum Gasteiger partial charge on any atom is 0.159 e. The van der Waals surface area contributed by atoms with Gasteiger partial charge in [0.2, 0.25) is 0 Å². The van der Waals surface area contributed by atoms with Crippen LogP contribution in [-0.4, -0.2) is 34.0 Å². The third-order valence-corrected chi connectivity index (χ3v) is 4.32. The molecule has 2 N–H and O–H groups in total. The van der Waals surface area contributed by atoms with Crippen LogP contribution in [0.5, 0.6) is 0 Å². The number of allylic oxidation sites excluding steroid dienone is 1. The Bertz CT molecular complexity index is 421. The zero-order valence-electron chi connectivity index (χ0n) is 10.4. The highest BCUT2D eigenvalue weighted by Gasteiger charge is 2.61. The van der Waals surface area contributed by atoms with Gasteiger partial charge in [-0.25, -0.2) is 0 Å². The summed E-state index contributed by atoms with van der Waals surface area (Å²) in [6.07, 6.45) is -0.156. The molecule has 0 aromatic carbocycles. The molecule has 0 saturated heterocycles. The topological polar surface area (TPSA) is 74.6 Å². The lowest BCUT2D eigenvalue weighted by Gasteiger charge is -2.35. The molecule has 0 unspecified atom stereocenters. The molecule has 1 fully saturated rings. The van der Waals surface area contributed by atoms with Gasteiger partial charge in [0.05, 0.1) is 17.6 Å². The van der Waals surface area contributed by atoms with Gasteiger partial charge in [0.1, 0.15) is 0 Å². The van der Waals surface area contributed by atoms with Crippen LogP contribution in [0.15, 0.2) is 11.6 Å². The number of carbonyl (C=O) groups is 2.